The molecular weight excluding hydrogens is 266 g/mol. The Bertz CT molecular complexity index is 380. The molecule has 0 fully saturated rings. The van der Waals surface area contributed by atoms with Gasteiger partial charge in [-0.1, -0.05) is 6.07 Å². The smallest absolute Gasteiger partial charge is 0.0740 e. The largest absolute Gasteiger partial charge is 0.319 e. The highest BCUT2D eigenvalue weighted by molar-refractivity contribution is 9.10. The molecule has 2 N–H and O–H groups in total. The van der Waals surface area contributed by atoms with Crippen molar-refractivity contribution < 1.29 is 0 Å². The molecule has 0 spiro atoms. The lowest BCUT2D eigenvalue weighted by Crippen LogP contribution is -2.07. The van der Waals surface area contributed by atoms with Gasteiger partial charge < -0.3 is 5.73 Å². The molecular formula is C9H8BrNS2. The van der Waals surface area contributed by atoms with Crippen LogP contribution in [0, 0.1) is 0 Å². The van der Waals surface area contributed by atoms with Crippen LogP contribution < -0.4 is 5.73 Å². The van der Waals surface area contributed by atoms with Crippen molar-refractivity contribution in [3.63, 3.8) is 0 Å². The molecule has 0 radical (unpaired) electrons. The second-order valence-corrected chi connectivity index (χ2v) is 5.50. The van der Waals surface area contributed by atoms with Gasteiger partial charge >= 0.3 is 0 Å². The summed E-state index contributed by atoms with van der Waals surface area (Å²) >= 11 is 6.81. The van der Waals surface area contributed by atoms with Crippen LogP contribution in [0.3, 0.4) is 0 Å². The monoisotopic (exact) mass is 273 g/mol. The molecule has 13 heavy (non-hydrogen) atoms. The minimum Gasteiger partial charge on any atom is -0.319 e. The van der Waals surface area contributed by atoms with Crippen molar-refractivity contribution in [1.82, 2.24) is 0 Å². The van der Waals surface area contributed by atoms with Crippen LogP contribution in [0.25, 0.3) is 0 Å². The molecule has 1 atom stereocenters. The average Bonchev–Trinajstić information content (AvgIpc) is 2.72. The molecule has 2 aromatic rings. The van der Waals surface area contributed by atoms with E-state index in [-0.39, 0.29) is 6.04 Å². The number of rotatable bonds is 2. The zero-order valence-corrected chi connectivity index (χ0v) is 9.95. The van der Waals surface area contributed by atoms with Crippen LogP contribution in [0.4, 0.5) is 0 Å². The van der Waals surface area contributed by atoms with E-state index in [2.05, 4.69) is 38.8 Å². The van der Waals surface area contributed by atoms with Crippen molar-refractivity contribution in [1.29, 1.82) is 0 Å². The molecule has 0 aliphatic heterocycles. The molecule has 0 bridgehead atoms. The summed E-state index contributed by atoms with van der Waals surface area (Å²) < 4.78 is 1.11. The number of nitrogens with two attached hydrogens (primary N) is 1. The highest BCUT2D eigenvalue weighted by Gasteiger charge is 2.11. The molecule has 0 aromatic carbocycles. The van der Waals surface area contributed by atoms with Gasteiger partial charge in [-0.15, -0.1) is 22.7 Å². The Kier molecular flexibility index (Phi) is 2.83. The summed E-state index contributed by atoms with van der Waals surface area (Å²) in [5.74, 6) is 0. The third-order valence-electron chi connectivity index (χ3n) is 1.74. The van der Waals surface area contributed by atoms with Gasteiger partial charge in [0.2, 0.25) is 0 Å². The van der Waals surface area contributed by atoms with Gasteiger partial charge in [-0.05, 0) is 33.4 Å². The van der Waals surface area contributed by atoms with Gasteiger partial charge in [-0.25, -0.2) is 0 Å². The molecule has 0 aliphatic rings. The summed E-state index contributed by atoms with van der Waals surface area (Å²) in [4.78, 5) is 2.42. The maximum Gasteiger partial charge on any atom is 0.0740 e. The fourth-order valence-corrected chi connectivity index (χ4v) is 3.38. The Morgan fingerprint density at radius 3 is 2.69 bits per heavy atom. The number of halogens is 1. The molecule has 0 aliphatic carbocycles. The highest BCUT2D eigenvalue weighted by Crippen LogP contribution is 2.30. The van der Waals surface area contributed by atoms with Crippen LogP contribution in [0.2, 0.25) is 0 Å². The first-order valence-electron chi connectivity index (χ1n) is 3.80. The minimum absolute atomic E-state index is 0.0382. The van der Waals surface area contributed by atoms with Crippen LogP contribution in [0.1, 0.15) is 15.8 Å². The van der Waals surface area contributed by atoms with Crippen LogP contribution >= 0.6 is 38.6 Å². The number of hydrogen-bond acceptors (Lipinski definition) is 3. The fourth-order valence-electron chi connectivity index (χ4n) is 1.10. The molecule has 1 nitrogen and oxygen atoms in total. The predicted octanol–water partition coefficient (Wildman–Crippen LogP) is 3.62. The summed E-state index contributed by atoms with van der Waals surface area (Å²) in [6, 6.07) is 6.22. The van der Waals surface area contributed by atoms with Crippen molar-refractivity contribution in [2.24, 2.45) is 5.73 Å². The van der Waals surface area contributed by atoms with Crippen LogP contribution in [0.15, 0.2) is 33.4 Å². The van der Waals surface area contributed by atoms with E-state index < -0.39 is 0 Å². The SMILES string of the molecule is N[C@H](c1cccs1)c1cc(Br)cs1. The first-order chi connectivity index (χ1) is 6.27. The molecule has 2 heterocycles. The van der Waals surface area contributed by atoms with Crippen LogP contribution in [0.5, 0.6) is 0 Å². The highest BCUT2D eigenvalue weighted by atomic mass is 79.9. The van der Waals surface area contributed by atoms with E-state index in [1.165, 1.54) is 9.75 Å². The van der Waals surface area contributed by atoms with E-state index in [1.807, 2.05) is 6.07 Å². The van der Waals surface area contributed by atoms with Gasteiger partial charge in [0.1, 0.15) is 0 Å². The first-order valence-corrected chi connectivity index (χ1v) is 6.35. The summed E-state index contributed by atoms with van der Waals surface area (Å²) in [7, 11) is 0. The van der Waals surface area contributed by atoms with Gasteiger partial charge in [0.15, 0.2) is 0 Å². The van der Waals surface area contributed by atoms with E-state index in [9.17, 15) is 0 Å². The van der Waals surface area contributed by atoms with Gasteiger partial charge in [0.05, 0.1) is 6.04 Å². The molecule has 4 heteroatoms. The van der Waals surface area contributed by atoms with Gasteiger partial charge in [-0.3, -0.25) is 0 Å². The Labute approximate surface area is 93.3 Å². The van der Waals surface area contributed by atoms with Crippen molar-refractivity contribution in [2.45, 2.75) is 6.04 Å². The van der Waals surface area contributed by atoms with E-state index in [0.29, 0.717) is 0 Å². The number of hydrogen-bond donors (Lipinski definition) is 1. The normalized spacial score (nSPS) is 13.1. The second-order valence-electron chi connectivity index (χ2n) is 2.66. The van der Waals surface area contributed by atoms with E-state index in [0.717, 1.165) is 4.47 Å². The maximum absolute atomic E-state index is 6.07. The summed E-state index contributed by atoms with van der Waals surface area (Å²) in [5.41, 5.74) is 6.07. The quantitative estimate of drug-likeness (QED) is 0.889. The standard InChI is InChI=1S/C9H8BrNS2/c10-6-4-8(13-5-6)9(11)7-2-1-3-12-7/h1-5,9H,11H2/t9-/m1/s1. The molecule has 0 saturated heterocycles. The lowest BCUT2D eigenvalue weighted by molar-refractivity contribution is 0.917. The van der Waals surface area contributed by atoms with Gasteiger partial charge in [0, 0.05) is 19.6 Å². The van der Waals surface area contributed by atoms with Crippen molar-refractivity contribution in [3.05, 3.63) is 43.2 Å². The molecule has 0 saturated carbocycles. The van der Waals surface area contributed by atoms with Gasteiger partial charge in [0.25, 0.3) is 0 Å². The fraction of sp³-hybridized carbons (Fsp3) is 0.111. The van der Waals surface area contributed by atoms with E-state index in [1.54, 1.807) is 22.7 Å². The van der Waals surface area contributed by atoms with E-state index >= 15 is 0 Å². The molecule has 68 valence electrons. The zero-order valence-electron chi connectivity index (χ0n) is 6.74. The Hall–Kier alpha value is -0.160. The summed E-state index contributed by atoms with van der Waals surface area (Å²) in [5, 5.41) is 4.11. The lowest BCUT2D eigenvalue weighted by atomic mass is 10.2. The number of thiophene rings is 2. The Morgan fingerprint density at radius 2 is 2.15 bits per heavy atom. The lowest BCUT2D eigenvalue weighted by Gasteiger charge is -2.05. The Balaban J connectivity index is 2.28. The zero-order chi connectivity index (χ0) is 9.26. The van der Waals surface area contributed by atoms with Crippen LogP contribution in [-0.2, 0) is 0 Å². The molecule has 0 amide bonds. The maximum atomic E-state index is 6.07. The van der Waals surface area contributed by atoms with Crippen molar-refractivity contribution in [3.8, 4) is 0 Å². The van der Waals surface area contributed by atoms with E-state index in [4.69, 9.17) is 5.73 Å². The first kappa shape index (κ1) is 9.40. The summed E-state index contributed by atoms with van der Waals surface area (Å²) in [6.07, 6.45) is 0. The molecule has 2 rings (SSSR count). The molecule has 2 aromatic heterocycles. The third kappa shape index (κ3) is 2.02. The average molecular weight is 274 g/mol. The minimum atomic E-state index is 0.0382. The topological polar surface area (TPSA) is 26.0 Å². The van der Waals surface area contributed by atoms with Crippen molar-refractivity contribution in [2.75, 3.05) is 0 Å². The molecule has 0 unspecified atom stereocenters. The Morgan fingerprint density at radius 1 is 1.31 bits per heavy atom. The second kappa shape index (κ2) is 3.92. The van der Waals surface area contributed by atoms with Crippen LogP contribution in [-0.4, -0.2) is 0 Å². The predicted molar refractivity (Wildman–Crippen MR) is 62.4 cm³/mol. The van der Waals surface area contributed by atoms with Gasteiger partial charge in [-0.2, -0.15) is 0 Å². The third-order valence-corrected chi connectivity index (χ3v) is 4.48. The van der Waals surface area contributed by atoms with Crippen molar-refractivity contribution >= 4 is 38.6 Å². The summed E-state index contributed by atoms with van der Waals surface area (Å²) in [6.45, 7) is 0.